The number of nitrogens with zero attached hydrogens (tertiary/aromatic N) is 1. The molecule has 0 bridgehead atoms. The Hall–Kier alpha value is -0.0800. The Kier molecular flexibility index (Phi) is 5.26. The fourth-order valence-electron chi connectivity index (χ4n) is 2.82. The molecular weight excluding hydrogens is 196 g/mol. The Morgan fingerprint density at radius 3 is 2.44 bits per heavy atom. The molecule has 0 radical (unpaired) electrons. The van der Waals surface area contributed by atoms with E-state index in [1.165, 1.54) is 25.9 Å². The highest BCUT2D eigenvalue weighted by atomic mass is 15.2. The van der Waals surface area contributed by atoms with Crippen LogP contribution >= 0.6 is 0 Å². The minimum Gasteiger partial charge on any atom is -0.316 e. The van der Waals surface area contributed by atoms with Crippen LogP contribution in [0.4, 0.5) is 0 Å². The zero-order valence-electron chi connectivity index (χ0n) is 11.8. The molecule has 2 nitrogen and oxygen atoms in total. The van der Waals surface area contributed by atoms with Crippen LogP contribution < -0.4 is 5.32 Å². The van der Waals surface area contributed by atoms with Crippen molar-refractivity contribution in [1.82, 2.24) is 10.2 Å². The molecule has 1 rings (SSSR count). The van der Waals surface area contributed by atoms with Crippen molar-refractivity contribution in [3.05, 3.63) is 0 Å². The van der Waals surface area contributed by atoms with Gasteiger partial charge in [0, 0.05) is 25.7 Å². The third kappa shape index (κ3) is 3.74. The van der Waals surface area contributed by atoms with Crippen molar-refractivity contribution in [1.29, 1.82) is 0 Å². The van der Waals surface area contributed by atoms with Crippen molar-refractivity contribution in [2.24, 2.45) is 11.3 Å². The molecule has 0 spiro atoms. The van der Waals surface area contributed by atoms with E-state index in [-0.39, 0.29) is 0 Å². The molecular formula is C14H30N2. The maximum absolute atomic E-state index is 3.51. The molecule has 0 amide bonds. The van der Waals surface area contributed by atoms with Gasteiger partial charge in [0.05, 0.1) is 0 Å². The summed E-state index contributed by atoms with van der Waals surface area (Å²) in [5, 5.41) is 3.51. The van der Waals surface area contributed by atoms with Crippen LogP contribution in [-0.4, -0.2) is 37.1 Å². The standard InChI is InChI=1S/C14H30N2/c1-6-14(5,10-15-7-2)11-16-9-12(3)8-13(16)4/h12-13,15H,6-11H2,1-5H3. The lowest BCUT2D eigenvalue weighted by Gasteiger charge is -2.35. The fraction of sp³-hybridized carbons (Fsp3) is 1.00. The van der Waals surface area contributed by atoms with E-state index in [9.17, 15) is 0 Å². The first-order valence-electron chi connectivity index (χ1n) is 6.95. The molecule has 2 heteroatoms. The van der Waals surface area contributed by atoms with Crippen molar-refractivity contribution >= 4 is 0 Å². The van der Waals surface area contributed by atoms with Crippen LogP contribution in [-0.2, 0) is 0 Å². The van der Waals surface area contributed by atoms with Crippen molar-refractivity contribution < 1.29 is 0 Å². The minimum absolute atomic E-state index is 0.439. The average Bonchev–Trinajstić information content (AvgIpc) is 2.54. The van der Waals surface area contributed by atoms with Gasteiger partial charge in [0.25, 0.3) is 0 Å². The molecule has 96 valence electrons. The molecule has 16 heavy (non-hydrogen) atoms. The summed E-state index contributed by atoms with van der Waals surface area (Å²) in [4.78, 5) is 2.69. The highest BCUT2D eigenvalue weighted by Crippen LogP contribution is 2.29. The van der Waals surface area contributed by atoms with E-state index in [1.807, 2.05) is 0 Å². The number of hydrogen-bond donors (Lipinski definition) is 1. The second-order valence-electron chi connectivity index (χ2n) is 6.06. The average molecular weight is 226 g/mol. The van der Waals surface area contributed by atoms with Crippen LogP contribution in [0.2, 0.25) is 0 Å². The van der Waals surface area contributed by atoms with Gasteiger partial charge < -0.3 is 5.32 Å². The molecule has 0 aromatic heterocycles. The van der Waals surface area contributed by atoms with Gasteiger partial charge in [0.15, 0.2) is 0 Å². The summed E-state index contributed by atoms with van der Waals surface area (Å²) in [5.41, 5.74) is 0.439. The molecule has 0 aromatic carbocycles. The zero-order chi connectivity index (χ0) is 12.2. The minimum atomic E-state index is 0.439. The van der Waals surface area contributed by atoms with Gasteiger partial charge in [0.1, 0.15) is 0 Å². The predicted octanol–water partition coefficient (Wildman–Crippen LogP) is 2.74. The van der Waals surface area contributed by atoms with Gasteiger partial charge in [-0.05, 0) is 37.6 Å². The Balaban J connectivity index is 2.48. The van der Waals surface area contributed by atoms with Crippen molar-refractivity contribution in [2.45, 2.75) is 53.5 Å². The van der Waals surface area contributed by atoms with Gasteiger partial charge >= 0.3 is 0 Å². The maximum Gasteiger partial charge on any atom is 0.00702 e. The van der Waals surface area contributed by atoms with Crippen molar-refractivity contribution in [3.8, 4) is 0 Å². The number of nitrogens with one attached hydrogen (secondary N) is 1. The lowest BCUT2D eigenvalue weighted by molar-refractivity contribution is 0.149. The van der Waals surface area contributed by atoms with Gasteiger partial charge in [-0.25, -0.2) is 0 Å². The lowest BCUT2D eigenvalue weighted by Crippen LogP contribution is -2.43. The molecule has 0 aromatic rings. The monoisotopic (exact) mass is 226 g/mol. The molecule has 1 N–H and O–H groups in total. The second-order valence-corrected chi connectivity index (χ2v) is 6.06. The summed E-state index contributed by atoms with van der Waals surface area (Å²) < 4.78 is 0. The smallest absolute Gasteiger partial charge is 0.00702 e. The summed E-state index contributed by atoms with van der Waals surface area (Å²) in [5.74, 6) is 0.884. The molecule has 1 aliphatic rings. The van der Waals surface area contributed by atoms with Crippen LogP contribution in [0.15, 0.2) is 0 Å². The molecule has 1 aliphatic heterocycles. The van der Waals surface area contributed by atoms with Gasteiger partial charge in [-0.1, -0.05) is 27.7 Å². The van der Waals surface area contributed by atoms with Crippen LogP contribution in [0, 0.1) is 11.3 Å². The van der Waals surface area contributed by atoms with E-state index in [0.717, 1.165) is 25.0 Å². The Labute approximate surface area is 102 Å². The van der Waals surface area contributed by atoms with Gasteiger partial charge in [-0.15, -0.1) is 0 Å². The van der Waals surface area contributed by atoms with Gasteiger partial charge in [-0.2, -0.15) is 0 Å². The fourth-order valence-corrected chi connectivity index (χ4v) is 2.82. The predicted molar refractivity (Wildman–Crippen MR) is 71.8 cm³/mol. The van der Waals surface area contributed by atoms with Crippen LogP contribution in [0.3, 0.4) is 0 Å². The van der Waals surface area contributed by atoms with E-state index in [0.29, 0.717) is 5.41 Å². The van der Waals surface area contributed by atoms with E-state index < -0.39 is 0 Å². The van der Waals surface area contributed by atoms with Crippen molar-refractivity contribution in [2.75, 3.05) is 26.2 Å². The first-order chi connectivity index (χ1) is 7.50. The Morgan fingerprint density at radius 1 is 1.31 bits per heavy atom. The lowest BCUT2D eigenvalue weighted by atomic mass is 9.86. The molecule has 0 aliphatic carbocycles. The summed E-state index contributed by atoms with van der Waals surface area (Å²) in [7, 11) is 0. The quantitative estimate of drug-likeness (QED) is 0.749. The topological polar surface area (TPSA) is 15.3 Å². The third-order valence-corrected chi connectivity index (χ3v) is 4.15. The number of rotatable bonds is 6. The maximum atomic E-state index is 3.51. The van der Waals surface area contributed by atoms with Crippen molar-refractivity contribution in [3.63, 3.8) is 0 Å². The summed E-state index contributed by atoms with van der Waals surface area (Å²) in [6.45, 7) is 16.5. The van der Waals surface area contributed by atoms with Gasteiger partial charge in [-0.3, -0.25) is 4.90 Å². The zero-order valence-corrected chi connectivity index (χ0v) is 11.8. The normalized spacial score (nSPS) is 30.6. The molecule has 3 atom stereocenters. The van der Waals surface area contributed by atoms with Gasteiger partial charge in [0.2, 0.25) is 0 Å². The van der Waals surface area contributed by atoms with Crippen LogP contribution in [0.5, 0.6) is 0 Å². The molecule has 1 saturated heterocycles. The Morgan fingerprint density at radius 2 is 2.00 bits per heavy atom. The van der Waals surface area contributed by atoms with Crippen LogP contribution in [0.25, 0.3) is 0 Å². The summed E-state index contributed by atoms with van der Waals surface area (Å²) >= 11 is 0. The highest BCUT2D eigenvalue weighted by Gasteiger charge is 2.32. The largest absolute Gasteiger partial charge is 0.316 e. The van der Waals surface area contributed by atoms with E-state index >= 15 is 0 Å². The molecule has 0 saturated carbocycles. The summed E-state index contributed by atoms with van der Waals surface area (Å²) in [6.07, 6.45) is 2.64. The number of hydrogen-bond acceptors (Lipinski definition) is 2. The number of likely N-dealkylation sites (tertiary alicyclic amines) is 1. The second kappa shape index (κ2) is 6.02. The van der Waals surface area contributed by atoms with E-state index in [2.05, 4.69) is 44.8 Å². The first kappa shape index (κ1) is 14.0. The van der Waals surface area contributed by atoms with Crippen LogP contribution in [0.1, 0.15) is 47.5 Å². The third-order valence-electron chi connectivity index (χ3n) is 4.15. The van der Waals surface area contributed by atoms with E-state index in [1.54, 1.807) is 0 Å². The highest BCUT2D eigenvalue weighted by molar-refractivity contribution is 4.86. The SMILES string of the molecule is CCNCC(C)(CC)CN1CC(C)CC1C. The first-order valence-corrected chi connectivity index (χ1v) is 6.95. The van der Waals surface area contributed by atoms with E-state index in [4.69, 9.17) is 0 Å². The Bertz CT molecular complexity index is 205. The molecule has 3 unspecified atom stereocenters. The molecule has 1 heterocycles. The summed E-state index contributed by atoms with van der Waals surface area (Å²) in [6, 6.07) is 0.780. The molecule has 1 fully saturated rings.